The summed E-state index contributed by atoms with van der Waals surface area (Å²) in [6.45, 7) is 2.57. The lowest BCUT2D eigenvalue weighted by Gasteiger charge is -2.22. The van der Waals surface area contributed by atoms with Gasteiger partial charge in [0.15, 0.2) is 5.03 Å². The summed E-state index contributed by atoms with van der Waals surface area (Å²) < 4.78 is 26.3. The standard InChI is InChI=1S/C11H17N3O2S/c1-2-9-5-4-8-14(9)17(15,16)11-10(12)6-3-7-13-11/h3,6-7,9H,2,4-5,8,12H2,1H3. The van der Waals surface area contributed by atoms with Gasteiger partial charge in [-0.25, -0.2) is 13.4 Å². The van der Waals surface area contributed by atoms with E-state index < -0.39 is 10.0 Å². The van der Waals surface area contributed by atoms with Crippen LogP contribution in [0, 0.1) is 0 Å². The highest BCUT2D eigenvalue weighted by atomic mass is 32.2. The molecule has 0 radical (unpaired) electrons. The van der Waals surface area contributed by atoms with Gasteiger partial charge in [-0.2, -0.15) is 4.31 Å². The molecule has 1 aromatic heterocycles. The highest BCUT2D eigenvalue weighted by Gasteiger charge is 2.35. The molecule has 1 aromatic rings. The van der Waals surface area contributed by atoms with Gasteiger partial charge in [-0.15, -0.1) is 0 Å². The molecular weight excluding hydrogens is 238 g/mol. The Bertz CT molecular complexity index is 501. The van der Waals surface area contributed by atoms with E-state index in [-0.39, 0.29) is 16.8 Å². The van der Waals surface area contributed by atoms with E-state index in [1.165, 1.54) is 10.5 Å². The fraction of sp³-hybridized carbons (Fsp3) is 0.545. The molecule has 0 spiro atoms. The van der Waals surface area contributed by atoms with E-state index in [9.17, 15) is 8.42 Å². The number of sulfonamides is 1. The highest BCUT2D eigenvalue weighted by Crippen LogP contribution is 2.28. The van der Waals surface area contributed by atoms with Crippen LogP contribution >= 0.6 is 0 Å². The summed E-state index contributed by atoms with van der Waals surface area (Å²) in [5.41, 5.74) is 5.91. The smallest absolute Gasteiger partial charge is 0.262 e. The van der Waals surface area contributed by atoms with E-state index in [4.69, 9.17) is 5.73 Å². The zero-order valence-corrected chi connectivity index (χ0v) is 10.7. The summed E-state index contributed by atoms with van der Waals surface area (Å²) in [5, 5.41) is -0.0136. The summed E-state index contributed by atoms with van der Waals surface area (Å²) in [6, 6.07) is 3.29. The van der Waals surface area contributed by atoms with Crippen molar-refractivity contribution in [3.63, 3.8) is 0 Å². The minimum absolute atomic E-state index is 0.0136. The largest absolute Gasteiger partial charge is 0.396 e. The van der Waals surface area contributed by atoms with Crippen LogP contribution in [0.4, 0.5) is 5.69 Å². The van der Waals surface area contributed by atoms with Crippen LogP contribution < -0.4 is 5.73 Å². The normalized spacial score (nSPS) is 21.8. The minimum Gasteiger partial charge on any atom is -0.396 e. The van der Waals surface area contributed by atoms with E-state index in [0.29, 0.717) is 6.54 Å². The van der Waals surface area contributed by atoms with Crippen LogP contribution in [-0.2, 0) is 10.0 Å². The molecule has 1 unspecified atom stereocenters. The molecule has 1 fully saturated rings. The SMILES string of the molecule is CCC1CCCN1S(=O)(=O)c1ncccc1N. The van der Waals surface area contributed by atoms with Crippen molar-refractivity contribution < 1.29 is 8.42 Å². The Hall–Kier alpha value is -1.14. The third-order valence-corrected chi connectivity index (χ3v) is 5.08. The van der Waals surface area contributed by atoms with E-state index >= 15 is 0 Å². The molecule has 1 saturated heterocycles. The zero-order chi connectivity index (χ0) is 12.5. The number of rotatable bonds is 3. The van der Waals surface area contributed by atoms with Crippen LogP contribution in [0.1, 0.15) is 26.2 Å². The first-order valence-electron chi connectivity index (χ1n) is 5.79. The maximum Gasteiger partial charge on any atom is 0.262 e. The second-order valence-electron chi connectivity index (χ2n) is 4.22. The predicted molar refractivity (Wildman–Crippen MR) is 65.9 cm³/mol. The molecule has 1 atom stereocenters. The van der Waals surface area contributed by atoms with Gasteiger partial charge in [-0.3, -0.25) is 0 Å². The maximum absolute atomic E-state index is 12.4. The van der Waals surface area contributed by atoms with Crippen molar-refractivity contribution in [1.29, 1.82) is 0 Å². The van der Waals surface area contributed by atoms with Crippen molar-refractivity contribution in [2.75, 3.05) is 12.3 Å². The van der Waals surface area contributed by atoms with Gasteiger partial charge in [-0.05, 0) is 31.4 Å². The molecule has 1 aliphatic heterocycles. The van der Waals surface area contributed by atoms with Gasteiger partial charge in [0.05, 0.1) is 5.69 Å². The number of nitrogens with two attached hydrogens (primary N) is 1. The predicted octanol–water partition coefficient (Wildman–Crippen LogP) is 1.23. The fourth-order valence-corrected chi connectivity index (χ4v) is 4.06. The van der Waals surface area contributed by atoms with E-state index in [1.807, 2.05) is 6.92 Å². The van der Waals surface area contributed by atoms with Gasteiger partial charge in [0.2, 0.25) is 0 Å². The summed E-state index contributed by atoms with van der Waals surface area (Å²) in [6.07, 6.45) is 4.11. The van der Waals surface area contributed by atoms with Crippen LogP contribution in [0.15, 0.2) is 23.4 Å². The molecule has 2 N–H and O–H groups in total. The Morgan fingerprint density at radius 1 is 1.59 bits per heavy atom. The quantitative estimate of drug-likeness (QED) is 0.881. The third kappa shape index (κ3) is 2.14. The molecule has 0 saturated carbocycles. The average molecular weight is 255 g/mol. The van der Waals surface area contributed by atoms with Crippen LogP contribution in [0.3, 0.4) is 0 Å². The van der Waals surface area contributed by atoms with Gasteiger partial charge in [0, 0.05) is 18.8 Å². The molecule has 5 nitrogen and oxygen atoms in total. The Morgan fingerprint density at radius 2 is 2.35 bits per heavy atom. The molecule has 17 heavy (non-hydrogen) atoms. The van der Waals surface area contributed by atoms with Crippen LogP contribution in [-0.4, -0.2) is 30.3 Å². The van der Waals surface area contributed by atoms with Crippen molar-refractivity contribution in [2.45, 2.75) is 37.3 Å². The van der Waals surface area contributed by atoms with Crippen molar-refractivity contribution in [1.82, 2.24) is 9.29 Å². The Morgan fingerprint density at radius 3 is 3.00 bits per heavy atom. The molecular formula is C11H17N3O2S. The van der Waals surface area contributed by atoms with Gasteiger partial charge in [-0.1, -0.05) is 6.92 Å². The van der Waals surface area contributed by atoms with Crippen LogP contribution in [0.2, 0.25) is 0 Å². The minimum atomic E-state index is -3.53. The lowest BCUT2D eigenvalue weighted by atomic mass is 10.2. The second-order valence-corrected chi connectivity index (χ2v) is 6.02. The van der Waals surface area contributed by atoms with Crippen molar-refractivity contribution in [3.8, 4) is 0 Å². The van der Waals surface area contributed by atoms with Crippen molar-refractivity contribution in [3.05, 3.63) is 18.3 Å². The van der Waals surface area contributed by atoms with E-state index in [0.717, 1.165) is 19.3 Å². The number of nitrogens with zero attached hydrogens (tertiary/aromatic N) is 2. The highest BCUT2D eigenvalue weighted by molar-refractivity contribution is 7.89. The number of hydrogen-bond acceptors (Lipinski definition) is 4. The molecule has 2 rings (SSSR count). The summed E-state index contributed by atoms with van der Waals surface area (Å²) in [7, 11) is -3.53. The molecule has 0 amide bonds. The number of anilines is 1. The topological polar surface area (TPSA) is 76.3 Å². The van der Waals surface area contributed by atoms with Gasteiger partial charge >= 0.3 is 0 Å². The first kappa shape index (κ1) is 12.3. The monoisotopic (exact) mass is 255 g/mol. The third-order valence-electron chi connectivity index (χ3n) is 3.15. The van der Waals surface area contributed by atoms with Crippen molar-refractivity contribution >= 4 is 15.7 Å². The Kier molecular flexibility index (Phi) is 3.35. The van der Waals surface area contributed by atoms with Crippen LogP contribution in [0.5, 0.6) is 0 Å². The molecule has 6 heteroatoms. The summed E-state index contributed by atoms with van der Waals surface area (Å²) in [4.78, 5) is 3.91. The molecule has 0 aliphatic carbocycles. The number of pyridine rings is 1. The Balaban J connectivity index is 2.40. The van der Waals surface area contributed by atoms with Gasteiger partial charge in [0.25, 0.3) is 10.0 Å². The Labute approximate surface area is 102 Å². The van der Waals surface area contributed by atoms with E-state index in [1.54, 1.807) is 12.1 Å². The van der Waals surface area contributed by atoms with Crippen LogP contribution in [0.25, 0.3) is 0 Å². The van der Waals surface area contributed by atoms with E-state index in [2.05, 4.69) is 4.98 Å². The lowest BCUT2D eigenvalue weighted by molar-refractivity contribution is 0.378. The lowest BCUT2D eigenvalue weighted by Crippen LogP contribution is -2.35. The molecule has 0 aromatic carbocycles. The second kappa shape index (κ2) is 4.62. The number of aromatic nitrogens is 1. The molecule has 1 aliphatic rings. The number of nitrogen functional groups attached to an aromatic ring is 1. The first-order valence-corrected chi connectivity index (χ1v) is 7.23. The average Bonchev–Trinajstić information content (AvgIpc) is 2.78. The fourth-order valence-electron chi connectivity index (χ4n) is 2.26. The molecule has 0 bridgehead atoms. The maximum atomic E-state index is 12.4. The zero-order valence-electron chi connectivity index (χ0n) is 9.83. The van der Waals surface area contributed by atoms with Gasteiger partial charge in [0.1, 0.15) is 0 Å². The molecule has 94 valence electrons. The first-order chi connectivity index (χ1) is 8.07. The van der Waals surface area contributed by atoms with Crippen molar-refractivity contribution in [2.24, 2.45) is 0 Å². The summed E-state index contributed by atoms with van der Waals surface area (Å²) >= 11 is 0. The number of hydrogen-bond donors (Lipinski definition) is 1. The summed E-state index contributed by atoms with van der Waals surface area (Å²) in [5.74, 6) is 0. The van der Waals surface area contributed by atoms with Gasteiger partial charge < -0.3 is 5.73 Å². The molecule has 2 heterocycles.